The number of halogens is 3. The second-order valence-electron chi connectivity index (χ2n) is 9.86. The van der Waals surface area contributed by atoms with Crippen LogP contribution in [0, 0.1) is 23.4 Å². The molecule has 1 aliphatic rings. The summed E-state index contributed by atoms with van der Waals surface area (Å²) in [6, 6.07) is 15.3. The first kappa shape index (κ1) is 26.1. The lowest BCUT2D eigenvalue weighted by molar-refractivity contribution is 0.302. The molecule has 0 radical (unpaired) electrons. The minimum absolute atomic E-state index is 0.132. The maximum absolute atomic E-state index is 15.1. The lowest BCUT2D eigenvalue weighted by Gasteiger charge is -2.29. The van der Waals surface area contributed by atoms with Gasteiger partial charge in [0.25, 0.3) is 0 Å². The minimum Gasteiger partial charge on any atom is -0.462 e. The molecule has 0 saturated heterocycles. The highest BCUT2D eigenvalue weighted by molar-refractivity contribution is 5.71. The van der Waals surface area contributed by atoms with Crippen LogP contribution in [0.4, 0.5) is 13.2 Å². The van der Waals surface area contributed by atoms with Gasteiger partial charge in [0.2, 0.25) is 5.82 Å². The number of hydrogen-bond donors (Lipinski definition) is 0. The Morgan fingerprint density at radius 1 is 0.806 bits per heavy atom. The molecule has 3 aromatic carbocycles. The number of ether oxygens (including phenoxy) is 1. The van der Waals surface area contributed by atoms with Gasteiger partial charge in [-0.25, -0.2) is 8.78 Å². The smallest absolute Gasteiger partial charge is 0.201 e. The number of rotatable bonds is 9. The molecule has 36 heavy (non-hydrogen) atoms. The van der Waals surface area contributed by atoms with Crippen LogP contribution in [0.25, 0.3) is 22.3 Å². The Kier molecular flexibility index (Phi) is 8.90. The van der Waals surface area contributed by atoms with E-state index in [1.165, 1.54) is 56.9 Å². The van der Waals surface area contributed by atoms with Crippen LogP contribution >= 0.6 is 0 Å². The Balaban J connectivity index is 1.45. The van der Waals surface area contributed by atoms with Gasteiger partial charge in [0.05, 0.1) is 6.26 Å². The quantitative estimate of drug-likeness (QED) is 0.213. The van der Waals surface area contributed by atoms with Gasteiger partial charge in [-0.05, 0) is 79.3 Å². The molecule has 0 bridgehead atoms. The van der Waals surface area contributed by atoms with Crippen molar-refractivity contribution in [1.29, 1.82) is 0 Å². The average molecular weight is 493 g/mol. The van der Waals surface area contributed by atoms with E-state index in [9.17, 15) is 8.78 Å². The maximum atomic E-state index is 15.1. The lowest BCUT2D eigenvalue weighted by atomic mass is 9.77. The molecule has 3 aromatic rings. The van der Waals surface area contributed by atoms with E-state index in [-0.39, 0.29) is 17.1 Å². The van der Waals surface area contributed by atoms with Crippen molar-refractivity contribution in [2.45, 2.75) is 71.1 Å². The molecular formula is C32H35F3O. The average Bonchev–Trinajstić information content (AvgIpc) is 2.90. The largest absolute Gasteiger partial charge is 0.462 e. The van der Waals surface area contributed by atoms with Crippen molar-refractivity contribution in [2.75, 3.05) is 0 Å². The van der Waals surface area contributed by atoms with E-state index < -0.39 is 11.6 Å². The van der Waals surface area contributed by atoms with Crippen molar-refractivity contribution < 1.29 is 17.9 Å². The second-order valence-corrected chi connectivity index (χ2v) is 9.86. The van der Waals surface area contributed by atoms with E-state index >= 15 is 4.39 Å². The summed E-state index contributed by atoms with van der Waals surface area (Å²) in [5.74, 6) is -1.17. The van der Waals surface area contributed by atoms with E-state index in [1.54, 1.807) is 43.3 Å². The Hall–Kier alpha value is -3.01. The standard InChI is InChI=1S/C32H35F3O/c1-3-5-6-7-22-8-10-23(11-9-22)26-16-17-27(29(33)21-26)24-12-14-25(15-13-24)28-18-19-30(36-20-4-2)32(35)31(28)34/h4,12-23H,3,5-11H2,1-2H3. The Morgan fingerprint density at radius 2 is 1.47 bits per heavy atom. The molecule has 0 heterocycles. The van der Waals surface area contributed by atoms with E-state index in [0.717, 1.165) is 24.3 Å². The summed E-state index contributed by atoms with van der Waals surface area (Å²) >= 11 is 0. The summed E-state index contributed by atoms with van der Waals surface area (Å²) in [4.78, 5) is 0. The zero-order chi connectivity index (χ0) is 25.5. The zero-order valence-corrected chi connectivity index (χ0v) is 21.2. The summed E-state index contributed by atoms with van der Waals surface area (Å²) in [5, 5.41) is 0. The third kappa shape index (κ3) is 6.03. The van der Waals surface area contributed by atoms with Gasteiger partial charge in [-0.1, -0.05) is 75.1 Å². The fourth-order valence-electron chi connectivity index (χ4n) is 5.30. The first-order valence-electron chi connectivity index (χ1n) is 13.2. The summed E-state index contributed by atoms with van der Waals surface area (Å²) in [6.07, 6.45) is 12.9. The first-order chi connectivity index (χ1) is 17.5. The number of benzene rings is 3. The molecule has 0 aromatic heterocycles. The van der Waals surface area contributed by atoms with Crippen LogP contribution < -0.4 is 4.74 Å². The van der Waals surface area contributed by atoms with Crippen molar-refractivity contribution in [1.82, 2.24) is 0 Å². The Bertz CT molecular complexity index is 1170. The van der Waals surface area contributed by atoms with Crippen LogP contribution in [0.2, 0.25) is 0 Å². The van der Waals surface area contributed by atoms with E-state index in [2.05, 4.69) is 6.92 Å². The predicted octanol–water partition coefficient (Wildman–Crippen LogP) is 10.2. The number of hydrogen-bond acceptors (Lipinski definition) is 1. The molecule has 0 atom stereocenters. The Morgan fingerprint density at radius 3 is 2.11 bits per heavy atom. The monoisotopic (exact) mass is 492 g/mol. The van der Waals surface area contributed by atoms with Crippen molar-refractivity contribution in [3.63, 3.8) is 0 Å². The van der Waals surface area contributed by atoms with Crippen LogP contribution in [0.1, 0.15) is 76.7 Å². The SMILES string of the molecule is CC=COc1ccc(-c2ccc(-c3ccc(C4CCC(CCCCC)CC4)cc3F)cc2)c(F)c1F. The summed E-state index contributed by atoms with van der Waals surface area (Å²) in [5.41, 5.74) is 2.95. The van der Waals surface area contributed by atoms with Gasteiger partial charge < -0.3 is 4.74 Å². The van der Waals surface area contributed by atoms with Gasteiger partial charge in [0.15, 0.2) is 11.6 Å². The molecule has 4 rings (SSSR count). The fourth-order valence-corrected chi connectivity index (χ4v) is 5.30. The van der Waals surface area contributed by atoms with E-state index in [4.69, 9.17) is 4.74 Å². The molecule has 0 aliphatic heterocycles. The molecule has 0 spiro atoms. The molecule has 1 saturated carbocycles. The van der Waals surface area contributed by atoms with Crippen LogP contribution in [-0.4, -0.2) is 0 Å². The second kappa shape index (κ2) is 12.3. The van der Waals surface area contributed by atoms with Crippen molar-refractivity contribution in [2.24, 2.45) is 5.92 Å². The summed E-state index contributed by atoms with van der Waals surface area (Å²) in [6.45, 7) is 3.96. The van der Waals surface area contributed by atoms with Crippen LogP contribution in [0.15, 0.2) is 66.9 Å². The molecule has 0 unspecified atom stereocenters. The topological polar surface area (TPSA) is 9.23 Å². The third-order valence-electron chi connectivity index (χ3n) is 7.41. The number of unbranched alkanes of at least 4 members (excludes halogenated alkanes) is 2. The molecule has 4 heteroatoms. The molecule has 1 nitrogen and oxygen atoms in total. The van der Waals surface area contributed by atoms with E-state index in [1.807, 2.05) is 12.1 Å². The molecule has 190 valence electrons. The van der Waals surface area contributed by atoms with Crippen molar-refractivity contribution >= 4 is 0 Å². The zero-order valence-electron chi connectivity index (χ0n) is 21.2. The summed E-state index contributed by atoms with van der Waals surface area (Å²) < 4.78 is 49.2. The molecule has 1 aliphatic carbocycles. The van der Waals surface area contributed by atoms with Crippen LogP contribution in [0.5, 0.6) is 5.75 Å². The van der Waals surface area contributed by atoms with Crippen LogP contribution in [0.3, 0.4) is 0 Å². The van der Waals surface area contributed by atoms with Gasteiger partial charge in [-0.15, -0.1) is 0 Å². The number of allylic oxidation sites excluding steroid dienone is 1. The highest BCUT2D eigenvalue weighted by atomic mass is 19.2. The third-order valence-corrected chi connectivity index (χ3v) is 7.41. The normalized spacial score (nSPS) is 18.0. The predicted molar refractivity (Wildman–Crippen MR) is 141 cm³/mol. The summed E-state index contributed by atoms with van der Waals surface area (Å²) in [7, 11) is 0. The Labute approximate surface area is 213 Å². The highest BCUT2D eigenvalue weighted by Gasteiger charge is 2.23. The van der Waals surface area contributed by atoms with Crippen molar-refractivity contribution in [3.8, 4) is 28.0 Å². The first-order valence-corrected chi connectivity index (χ1v) is 13.2. The molecule has 1 fully saturated rings. The highest BCUT2D eigenvalue weighted by Crippen LogP contribution is 2.39. The van der Waals surface area contributed by atoms with Gasteiger partial charge in [-0.2, -0.15) is 4.39 Å². The fraction of sp³-hybridized carbons (Fsp3) is 0.375. The minimum atomic E-state index is -1.04. The molecular weight excluding hydrogens is 457 g/mol. The maximum Gasteiger partial charge on any atom is 0.201 e. The molecule has 0 amide bonds. The van der Waals surface area contributed by atoms with Crippen LogP contribution in [-0.2, 0) is 0 Å². The van der Waals surface area contributed by atoms with Gasteiger partial charge in [0, 0.05) is 11.1 Å². The van der Waals surface area contributed by atoms with Gasteiger partial charge >= 0.3 is 0 Å². The lowest BCUT2D eigenvalue weighted by Crippen LogP contribution is -2.13. The van der Waals surface area contributed by atoms with Gasteiger partial charge in [0.1, 0.15) is 5.82 Å². The van der Waals surface area contributed by atoms with E-state index in [0.29, 0.717) is 22.6 Å². The molecule has 0 N–H and O–H groups in total. The van der Waals surface area contributed by atoms with Gasteiger partial charge in [-0.3, -0.25) is 0 Å². The van der Waals surface area contributed by atoms with Crippen molar-refractivity contribution in [3.05, 3.63) is 90.0 Å².